The third kappa shape index (κ3) is 3.79. The highest BCUT2D eigenvalue weighted by atomic mass is 35.5. The quantitative estimate of drug-likeness (QED) is 0.716. The highest BCUT2D eigenvalue weighted by Crippen LogP contribution is 2.09. The number of hydrogen-bond donors (Lipinski definition) is 1. The minimum absolute atomic E-state index is 0. The molecule has 1 heterocycles. The summed E-state index contributed by atoms with van der Waals surface area (Å²) in [6, 6.07) is 1.95. The molecule has 72 valence electrons. The zero-order valence-corrected chi connectivity index (χ0v) is 8.13. The van der Waals surface area contributed by atoms with E-state index in [2.05, 4.69) is 4.98 Å². The maximum Gasteiger partial charge on any atom is 0.126 e. The zero-order chi connectivity index (χ0) is 6.85. The Morgan fingerprint density at radius 2 is 1.75 bits per heavy atom. The first-order valence-electron chi connectivity index (χ1n) is 2.89. The summed E-state index contributed by atoms with van der Waals surface area (Å²) in [6.45, 7) is 3.99. The summed E-state index contributed by atoms with van der Waals surface area (Å²) < 4.78 is 0. The van der Waals surface area contributed by atoms with Crippen LogP contribution in [0, 0.1) is 13.8 Å². The van der Waals surface area contributed by atoms with Crippen LogP contribution in [-0.2, 0) is 0 Å². The highest BCUT2D eigenvalue weighted by molar-refractivity contribution is 5.85. The second kappa shape index (κ2) is 7.19. The largest absolute Gasteiger partial charge is 0.383 e. The Morgan fingerprint density at radius 3 is 2.08 bits per heavy atom. The molecular weight excluding hydrogens is 195 g/mol. The Bertz CT molecular complexity index is 206. The number of pyridine rings is 1. The van der Waals surface area contributed by atoms with Crippen LogP contribution in [0.2, 0.25) is 0 Å². The average molecular weight is 211 g/mol. The summed E-state index contributed by atoms with van der Waals surface area (Å²) in [7, 11) is 0. The van der Waals surface area contributed by atoms with Gasteiger partial charge in [0.1, 0.15) is 5.82 Å². The average Bonchev–Trinajstić information content (AvgIpc) is 1.83. The van der Waals surface area contributed by atoms with Crippen molar-refractivity contribution in [3.8, 4) is 0 Å². The first-order valence-corrected chi connectivity index (χ1v) is 2.89. The van der Waals surface area contributed by atoms with Gasteiger partial charge in [-0.2, -0.15) is 0 Å². The van der Waals surface area contributed by atoms with E-state index in [0.29, 0.717) is 5.82 Å². The topological polar surface area (TPSA) is 38.9 Å². The van der Waals surface area contributed by atoms with Crippen molar-refractivity contribution in [2.75, 3.05) is 5.73 Å². The second-order valence-corrected chi connectivity index (χ2v) is 2.14. The molecule has 0 bridgehead atoms. The van der Waals surface area contributed by atoms with Crippen LogP contribution in [0.5, 0.6) is 0 Å². The van der Waals surface area contributed by atoms with Gasteiger partial charge in [0.25, 0.3) is 0 Å². The Hall–Kier alpha value is -0.470. The van der Waals surface area contributed by atoms with Gasteiger partial charge < -0.3 is 5.73 Å². The molecule has 4 heteroatoms. The van der Waals surface area contributed by atoms with E-state index in [0.717, 1.165) is 5.56 Å². The van der Waals surface area contributed by atoms with Crippen LogP contribution in [0.25, 0.3) is 0 Å². The number of nitrogens with zero attached hydrogens (tertiary/aromatic N) is 1. The molecule has 0 aromatic carbocycles. The first-order chi connectivity index (χ1) is 4.22. The molecule has 0 saturated heterocycles. The fourth-order valence-corrected chi connectivity index (χ4v) is 0.653. The van der Waals surface area contributed by atoms with Gasteiger partial charge >= 0.3 is 0 Å². The molecule has 0 amide bonds. The summed E-state index contributed by atoms with van der Waals surface area (Å²) in [5.41, 5.74) is 7.79. The minimum atomic E-state index is 0. The fraction of sp³-hybridized carbons (Fsp3) is 0.375. The molecule has 1 aromatic rings. The lowest BCUT2D eigenvalue weighted by Gasteiger charge is -1.99. The molecule has 0 aliphatic carbocycles. The molecule has 0 saturated carbocycles. The van der Waals surface area contributed by atoms with E-state index in [1.165, 1.54) is 5.56 Å². The van der Waals surface area contributed by atoms with Gasteiger partial charge in [-0.05, 0) is 31.0 Å². The highest BCUT2D eigenvalue weighted by Gasteiger charge is 1.94. The van der Waals surface area contributed by atoms with E-state index in [1.807, 2.05) is 19.9 Å². The normalized spacial score (nSPS) is 7.17. The predicted octanol–water partition coefficient (Wildman–Crippen LogP) is 2.76. The summed E-state index contributed by atoms with van der Waals surface area (Å²) in [5, 5.41) is 0. The Morgan fingerprint density at radius 1 is 1.25 bits per heavy atom. The number of anilines is 1. The van der Waals surface area contributed by atoms with Crippen molar-refractivity contribution >= 4 is 30.6 Å². The monoisotopic (exact) mass is 210 g/mol. The number of aryl methyl sites for hydroxylation is 1. The number of nitrogens with two attached hydrogens (primary N) is 1. The molecule has 0 radical (unpaired) electrons. The lowest BCUT2D eigenvalue weighted by atomic mass is 10.2. The zero-order valence-electron chi connectivity index (χ0n) is 6.50. The number of nitrogen functional groups attached to an aromatic ring is 1. The molecule has 2 nitrogen and oxygen atoms in total. The lowest BCUT2D eigenvalue weighted by molar-refractivity contribution is 1.23. The number of hydrogen-bond acceptors (Lipinski definition) is 2. The minimum Gasteiger partial charge on any atom is -0.383 e. The molecule has 1 aromatic heterocycles. The molecule has 0 aliphatic rings. The van der Waals surface area contributed by atoms with Crippen molar-refractivity contribution in [1.82, 2.24) is 4.98 Å². The van der Waals surface area contributed by atoms with Crippen molar-refractivity contribution < 1.29 is 0 Å². The molecule has 0 atom stereocenters. The Labute approximate surface area is 86.4 Å². The van der Waals surface area contributed by atoms with Crippen molar-refractivity contribution in [3.63, 3.8) is 0 Å². The molecule has 2 N–H and O–H groups in total. The molecular formula is C8H16Cl2N2. The summed E-state index contributed by atoms with van der Waals surface area (Å²) in [5.74, 6) is 0.634. The second-order valence-electron chi connectivity index (χ2n) is 2.14. The molecule has 0 unspecified atom stereocenters. The molecule has 0 fully saturated rings. The van der Waals surface area contributed by atoms with Crippen LogP contribution in [0.4, 0.5) is 5.82 Å². The molecule has 0 aliphatic heterocycles. The van der Waals surface area contributed by atoms with Crippen LogP contribution >= 0.6 is 24.8 Å². The van der Waals surface area contributed by atoms with Crippen molar-refractivity contribution in [2.24, 2.45) is 0 Å². The van der Waals surface area contributed by atoms with Gasteiger partial charge in [-0.15, -0.1) is 24.8 Å². The van der Waals surface area contributed by atoms with Gasteiger partial charge in [-0.3, -0.25) is 0 Å². The van der Waals surface area contributed by atoms with E-state index in [9.17, 15) is 0 Å². The van der Waals surface area contributed by atoms with Gasteiger partial charge in [0.2, 0.25) is 0 Å². The number of halogens is 2. The van der Waals surface area contributed by atoms with Crippen molar-refractivity contribution in [3.05, 3.63) is 23.4 Å². The van der Waals surface area contributed by atoms with Gasteiger partial charge in [-0.25, -0.2) is 4.98 Å². The van der Waals surface area contributed by atoms with E-state index in [4.69, 9.17) is 5.73 Å². The van der Waals surface area contributed by atoms with Crippen LogP contribution in [0.15, 0.2) is 12.3 Å². The van der Waals surface area contributed by atoms with E-state index in [-0.39, 0.29) is 32.2 Å². The van der Waals surface area contributed by atoms with Crippen LogP contribution in [0.1, 0.15) is 18.6 Å². The Balaban J connectivity index is -0.000000270. The van der Waals surface area contributed by atoms with E-state index in [1.54, 1.807) is 6.20 Å². The van der Waals surface area contributed by atoms with Gasteiger partial charge in [0.15, 0.2) is 0 Å². The van der Waals surface area contributed by atoms with Gasteiger partial charge in [0, 0.05) is 6.20 Å². The summed E-state index contributed by atoms with van der Waals surface area (Å²) in [4.78, 5) is 3.92. The summed E-state index contributed by atoms with van der Waals surface area (Å²) >= 11 is 0. The summed E-state index contributed by atoms with van der Waals surface area (Å²) in [6.07, 6.45) is 1.72. The third-order valence-corrected chi connectivity index (χ3v) is 1.51. The van der Waals surface area contributed by atoms with Crippen molar-refractivity contribution in [1.29, 1.82) is 0 Å². The number of aromatic nitrogens is 1. The lowest BCUT2D eigenvalue weighted by Crippen LogP contribution is -1.94. The maximum atomic E-state index is 5.51. The molecule has 12 heavy (non-hydrogen) atoms. The van der Waals surface area contributed by atoms with Crippen molar-refractivity contribution in [2.45, 2.75) is 21.3 Å². The standard InChI is InChI=1S/C7H10N2.CH4.2ClH/c1-5-3-4-9-7(8)6(5)2;;;/h3-4H,1-2H3,(H2,8,9);1H4;2*1H. The smallest absolute Gasteiger partial charge is 0.126 e. The predicted molar refractivity (Wildman–Crippen MR) is 59.4 cm³/mol. The van der Waals surface area contributed by atoms with E-state index < -0.39 is 0 Å². The van der Waals surface area contributed by atoms with Gasteiger partial charge in [0.05, 0.1) is 0 Å². The number of rotatable bonds is 0. The Kier molecular flexibility index (Phi) is 10.5. The molecule has 0 spiro atoms. The van der Waals surface area contributed by atoms with E-state index >= 15 is 0 Å². The third-order valence-electron chi connectivity index (χ3n) is 1.51. The fourth-order valence-electron chi connectivity index (χ4n) is 0.653. The maximum absolute atomic E-state index is 5.51. The first kappa shape index (κ1) is 17.6. The van der Waals surface area contributed by atoms with Gasteiger partial charge in [-0.1, -0.05) is 7.43 Å². The van der Waals surface area contributed by atoms with Crippen LogP contribution in [-0.4, -0.2) is 4.98 Å². The van der Waals surface area contributed by atoms with Crippen LogP contribution in [0.3, 0.4) is 0 Å². The SMILES string of the molecule is C.Cc1ccnc(N)c1C.Cl.Cl. The van der Waals surface area contributed by atoms with Crippen LogP contribution < -0.4 is 5.73 Å². The molecule has 1 rings (SSSR count).